The molecule has 7 nitrogen and oxygen atoms in total. The number of hydrogen-bond acceptors (Lipinski definition) is 7. The van der Waals surface area contributed by atoms with Crippen LogP contribution in [0, 0.1) is 29.6 Å². The third-order valence-corrected chi connectivity index (χ3v) is 17.9. The molecular weight excluding hydrogens is 729 g/mol. The molecule has 314 valence electrons. The molecule has 0 aromatic heterocycles. The first-order valence-electron chi connectivity index (χ1n) is 21.2. The Morgan fingerprint density at radius 1 is 0.807 bits per heavy atom. The van der Waals surface area contributed by atoms with E-state index in [1.165, 1.54) is 10.4 Å². The van der Waals surface area contributed by atoms with Gasteiger partial charge in [-0.05, 0) is 67.1 Å². The monoisotopic (exact) mass is 801 g/mol. The van der Waals surface area contributed by atoms with Gasteiger partial charge in [-0.1, -0.05) is 141 Å². The number of benzene rings is 3. The van der Waals surface area contributed by atoms with Crippen molar-refractivity contribution in [3.63, 3.8) is 0 Å². The van der Waals surface area contributed by atoms with Crippen LogP contribution in [0.4, 0.5) is 0 Å². The standard InChI is InChI=1S/C49H72O7Si/c1-15-32(3)43-36(7)45(55-48(11,12)54-43)49(13,50)31-33(4)42-35(6)44(53-46(52-42)37-27-29-38(51-14)30-28-37)34(5)41(16-2)56-57(47(8,9)10,39-23-19-17-20-24-39)40-25-21-18-22-26-40/h15,17-30,32-36,41-46,50H,1,16,31H2,2-14H3/t32-,33+,34-,35-,36-,41+,42-,43+,44-,45+,46?,49+/m0/s1. The lowest BCUT2D eigenvalue weighted by atomic mass is 9.73. The third kappa shape index (κ3) is 9.64. The number of methoxy groups -OCH3 is 1. The van der Waals surface area contributed by atoms with Gasteiger partial charge in [-0.3, -0.25) is 0 Å². The molecule has 2 saturated heterocycles. The first kappa shape index (κ1) is 45.3. The van der Waals surface area contributed by atoms with E-state index >= 15 is 0 Å². The quantitative estimate of drug-likeness (QED) is 0.121. The number of aliphatic hydroxyl groups is 1. The fourth-order valence-corrected chi connectivity index (χ4v) is 14.8. The molecule has 1 N–H and O–H groups in total. The molecule has 0 radical (unpaired) electrons. The molecule has 0 amide bonds. The van der Waals surface area contributed by atoms with E-state index in [-0.39, 0.29) is 59.0 Å². The molecule has 5 rings (SSSR count). The summed E-state index contributed by atoms with van der Waals surface area (Å²) in [5.41, 5.74) is -0.246. The van der Waals surface area contributed by atoms with Gasteiger partial charge in [-0.15, -0.1) is 6.58 Å². The van der Waals surface area contributed by atoms with Crippen LogP contribution in [0.15, 0.2) is 97.6 Å². The molecule has 3 aromatic rings. The maximum atomic E-state index is 12.4. The topological polar surface area (TPSA) is 75.6 Å². The molecule has 1 unspecified atom stereocenters. The van der Waals surface area contributed by atoms with Gasteiger partial charge in [-0.2, -0.15) is 0 Å². The Morgan fingerprint density at radius 2 is 1.35 bits per heavy atom. The Labute approximate surface area is 345 Å². The van der Waals surface area contributed by atoms with Gasteiger partial charge in [-0.25, -0.2) is 0 Å². The fraction of sp³-hybridized carbons (Fsp3) is 0.592. The van der Waals surface area contributed by atoms with Crippen molar-refractivity contribution in [2.24, 2.45) is 29.6 Å². The Morgan fingerprint density at radius 3 is 1.84 bits per heavy atom. The lowest BCUT2D eigenvalue weighted by molar-refractivity contribution is -0.351. The van der Waals surface area contributed by atoms with Crippen molar-refractivity contribution >= 4 is 18.7 Å². The first-order valence-corrected chi connectivity index (χ1v) is 23.1. The molecule has 3 aromatic carbocycles. The molecule has 12 atom stereocenters. The summed E-state index contributed by atoms with van der Waals surface area (Å²) in [6, 6.07) is 29.7. The summed E-state index contributed by atoms with van der Waals surface area (Å²) >= 11 is 0. The highest BCUT2D eigenvalue weighted by Gasteiger charge is 2.54. The Balaban J connectivity index is 1.51. The molecule has 2 heterocycles. The summed E-state index contributed by atoms with van der Waals surface area (Å²) in [5.74, 6) is -0.106. The molecule has 0 saturated carbocycles. The van der Waals surface area contributed by atoms with Gasteiger partial charge in [0.05, 0.1) is 43.2 Å². The van der Waals surface area contributed by atoms with E-state index < -0.39 is 32.1 Å². The third-order valence-electron chi connectivity index (χ3n) is 12.9. The van der Waals surface area contributed by atoms with Crippen molar-refractivity contribution in [2.45, 2.75) is 149 Å². The Hall–Kier alpha value is -2.82. The predicted octanol–water partition coefficient (Wildman–Crippen LogP) is 9.86. The molecule has 2 aliphatic rings. The molecule has 57 heavy (non-hydrogen) atoms. The van der Waals surface area contributed by atoms with Gasteiger partial charge in [0.1, 0.15) is 5.75 Å². The average Bonchev–Trinajstić information content (AvgIpc) is 3.18. The van der Waals surface area contributed by atoms with E-state index in [4.69, 9.17) is 28.1 Å². The summed E-state index contributed by atoms with van der Waals surface area (Å²) in [4.78, 5) is 0. The molecule has 0 bridgehead atoms. The average molecular weight is 801 g/mol. The number of hydrogen-bond donors (Lipinski definition) is 1. The normalized spacial score (nSPS) is 28.7. The van der Waals surface area contributed by atoms with Crippen molar-refractivity contribution in [1.82, 2.24) is 0 Å². The number of ether oxygens (including phenoxy) is 5. The van der Waals surface area contributed by atoms with Gasteiger partial charge in [0.2, 0.25) is 0 Å². The van der Waals surface area contributed by atoms with E-state index in [9.17, 15) is 5.11 Å². The zero-order chi connectivity index (χ0) is 41.9. The zero-order valence-electron chi connectivity index (χ0n) is 37.0. The van der Waals surface area contributed by atoms with E-state index in [0.717, 1.165) is 17.7 Å². The molecule has 0 spiro atoms. The highest BCUT2D eigenvalue weighted by molar-refractivity contribution is 6.99. The van der Waals surface area contributed by atoms with Crippen molar-refractivity contribution in [3.05, 3.63) is 103 Å². The van der Waals surface area contributed by atoms with Crippen LogP contribution in [-0.4, -0.2) is 62.4 Å². The van der Waals surface area contributed by atoms with E-state index in [2.05, 4.69) is 130 Å². The lowest BCUT2D eigenvalue weighted by Crippen LogP contribution is -2.68. The maximum Gasteiger partial charge on any atom is 0.261 e. The lowest BCUT2D eigenvalue weighted by Gasteiger charge is -2.52. The second kappa shape index (κ2) is 18.2. The molecule has 2 fully saturated rings. The van der Waals surface area contributed by atoms with Crippen LogP contribution in [0.3, 0.4) is 0 Å². The second-order valence-corrected chi connectivity index (χ2v) is 23.0. The summed E-state index contributed by atoms with van der Waals surface area (Å²) in [5, 5.41) is 14.8. The van der Waals surface area contributed by atoms with Crippen LogP contribution >= 0.6 is 0 Å². The first-order chi connectivity index (χ1) is 26.8. The summed E-state index contributed by atoms with van der Waals surface area (Å²) in [6.07, 6.45) is 1.45. The smallest absolute Gasteiger partial charge is 0.261 e. The van der Waals surface area contributed by atoms with Crippen LogP contribution < -0.4 is 15.1 Å². The van der Waals surface area contributed by atoms with Crippen molar-refractivity contribution in [2.75, 3.05) is 7.11 Å². The molecule has 8 heteroatoms. The minimum Gasteiger partial charge on any atom is -0.497 e. The minimum absolute atomic E-state index is 0.00676. The van der Waals surface area contributed by atoms with Crippen LogP contribution in [-0.2, 0) is 23.4 Å². The second-order valence-electron chi connectivity index (χ2n) is 18.8. The van der Waals surface area contributed by atoms with Crippen molar-refractivity contribution < 1.29 is 33.2 Å². The summed E-state index contributed by atoms with van der Waals surface area (Å²) in [6.45, 7) is 30.0. The largest absolute Gasteiger partial charge is 0.497 e. The van der Waals surface area contributed by atoms with Gasteiger partial charge in [0.15, 0.2) is 12.1 Å². The highest BCUT2D eigenvalue weighted by Crippen LogP contribution is 2.46. The summed E-state index contributed by atoms with van der Waals surface area (Å²) in [7, 11) is -1.19. The Bertz CT molecular complexity index is 1670. The van der Waals surface area contributed by atoms with Gasteiger partial charge < -0.3 is 33.2 Å². The SMILES string of the molecule is C=C[C@H](C)[C@H]1OC(C)(C)O[C@@H]([C@](C)(O)C[C@@H](C)[C@@H]2OC(c3ccc(OC)cc3)O[C@@H]([C@@H](C)[C@@H](CC)O[Si](c3ccccc3)(c3ccccc3)C(C)(C)C)[C@H]2C)[C@H]1C. The van der Waals surface area contributed by atoms with Gasteiger partial charge in [0, 0.05) is 29.2 Å². The van der Waals surface area contributed by atoms with Crippen molar-refractivity contribution in [3.8, 4) is 5.75 Å². The predicted molar refractivity (Wildman–Crippen MR) is 233 cm³/mol. The molecule has 0 aliphatic carbocycles. The van der Waals surface area contributed by atoms with Crippen LogP contribution in [0.2, 0.25) is 5.04 Å². The summed E-state index contributed by atoms with van der Waals surface area (Å²) < 4.78 is 40.4. The van der Waals surface area contributed by atoms with Crippen LogP contribution in [0.5, 0.6) is 5.75 Å². The molecule has 2 aliphatic heterocycles. The maximum absolute atomic E-state index is 12.4. The minimum atomic E-state index is -2.86. The van der Waals surface area contributed by atoms with E-state index in [1.807, 2.05) is 51.1 Å². The van der Waals surface area contributed by atoms with E-state index in [0.29, 0.717) is 6.42 Å². The zero-order valence-corrected chi connectivity index (χ0v) is 38.0. The highest BCUT2D eigenvalue weighted by atomic mass is 28.4. The fourth-order valence-electron chi connectivity index (χ4n) is 9.96. The van der Waals surface area contributed by atoms with Gasteiger partial charge in [0.25, 0.3) is 8.32 Å². The van der Waals surface area contributed by atoms with E-state index in [1.54, 1.807) is 7.11 Å². The van der Waals surface area contributed by atoms with Crippen LogP contribution in [0.25, 0.3) is 0 Å². The van der Waals surface area contributed by atoms with Crippen molar-refractivity contribution in [1.29, 1.82) is 0 Å². The van der Waals surface area contributed by atoms with Gasteiger partial charge >= 0.3 is 0 Å². The van der Waals surface area contributed by atoms with Crippen LogP contribution in [0.1, 0.15) is 108 Å². The molecular formula is C49H72O7Si. The number of rotatable bonds is 15. The Kier molecular flexibility index (Phi) is 14.5.